The molecule has 0 atom stereocenters. The molecule has 2 aromatic heterocycles. The van der Waals surface area contributed by atoms with Gasteiger partial charge in [0.25, 0.3) is 5.91 Å². The average molecular weight is 275 g/mol. The van der Waals surface area contributed by atoms with Crippen LogP contribution in [0, 0.1) is 13.8 Å². The zero-order chi connectivity index (χ0) is 14.9. The number of hydrogen-bond acceptors (Lipinski definition) is 3. The molecule has 0 aliphatic carbocycles. The number of aryl methyl sites for hydroxylation is 3. The number of aromatic nitrogens is 4. The SMILES string of the molecule is CCn1nc(C)c(C(=O)N(C)Cc2ccnn2C)c1C. The molecule has 0 N–H and O–H groups in total. The summed E-state index contributed by atoms with van der Waals surface area (Å²) < 4.78 is 3.64. The van der Waals surface area contributed by atoms with Gasteiger partial charge in [-0.3, -0.25) is 14.2 Å². The van der Waals surface area contributed by atoms with E-state index >= 15 is 0 Å². The zero-order valence-corrected chi connectivity index (χ0v) is 12.7. The van der Waals surface area contributed by atoms with E-state index < -0.39 is 0 Å². The molecule has 6 heteroatoms. The summed E-state index contributed by atoms with van der Waals surface area (Å²) in [7, 11) is 3.68. The standard InChI is InChI=1S/C14H21N5O/c1-6-19-11(3)13(10(2)16-19)14(20)17(4)9-12-7-8-15-18(12)5/h7-8H,6,9H2,1-5H3. The molecule has 0 aliphatic rings. The second-order valence-electron chi connectivity index (χ2n) is 4.97. The number of carbonyl (C=O) groups is 1. The molecule has 1 amide bonds. The van der Waals surface area contributed by atoms with Crippen LogP contribution in [-0.4, -0.2) is 37.4 Å². The Morgan fingerprint density at radius 2 is 2.10 bits per heavy atom. The molecule has 20 heavy (non-hydrogen) atoms. The Morgan fingerprint density at radius 3 is 2.60 bits per heavy atom. The number of rotatable bonds is 4. The Labute approximate surface area is 119 Å². The van der Waals surface area contributed by atoms with E-state index in [1.807, 2.05) is 38.6 Å². The molecule has 0 radical (unpaired) electrons. The van der Waals surface area contributed by atoms with Gasteiger partial charge >= 0.3 is 0 Å². The van der Waals surface area contributed by atoms with Crippen molar-refractivity contribution in [3.05, 3.63) is 34.9 Å². The van der Waals surface area contributed by atoms with Crippen molar-refractivity contribution in [2.75, 3.05) is 7.05 Å². The summed E-state index contributed by atoms with van der Waals surface area (Å²) in [6.45, 7) is 7.14. The minimum absolute atomic E-state index is 0.000833. The third-order valence-corrected chi connectivity index (χ3v) is 3.56. The van der Waals surface area contributed by atoms with Crippen molar-refractivity contribution in [3.63, 3.8) is 0 Å². The first-order valence-corrected chi connectivity index (χ1v) is 6.72. The maximum absolute atomic E-state index is 12.6. The van der Waals surface area contributed by atoms with Crippen LogP contribution in [0.3, 0.4) is 0 Å². The smallest absolute Gasteiger partial charge is 0.257 e. The number of amides is 1. The summed E-state index contributed by atoms with van der Waals surface area (Å²) in [4.78, 5) is 14.3. The van der Waals surface area contributed by atoms with Crippen LogP contribution < -0.4 is 0 Å². The molecule has 0 bridgehead atoms. The zero-order valence-electron chi connectivity index (χ0n) is 12.7. The summed E-state index contributed by atoms with van der Waals surface area (Å²) in [5, 5.41) is 8.51. The molecule has 0 saturated heterocycles. The Bertz CT molecular complexity index is 626. The van der Waals surface area contributed by atoms with E-state index in [0.717, 1.165) is 23.6 Å². The summed E-state index contributed by atoms with van der Waals surface area (Å²) in [5.41, 5.74) is 3.41. The maximum Gasteiger partial charge on any atom is 0.257 e. The molecule has 0 unspecified atom stereocenters. The van der Waals surface area contributed by atoms with Gasteiger partial charge in [0.2, 0.25) is 0 Å². The first-order valence-electron chi connectivity index (χ1n) is 6.72. The van der Waals surface area contributed by atoms with E-state index in [4.69, 9.17) is 0 Å². The highest BCUT2D eigenvalue weighted by Gasteiger charge is 2.21. The van der Waals surface area contributed by atoms with Gasteiger partial charge in [-0.2, -0.15) is 10.2 Å². The molecule has 0 spiro atoms. The van der Waals surface area contributed by atoms with Crippen molar-refractivity contribution in [2.24, 2.45) is 7.05 Å². The van der Waals surface area contributed by atoms with Crippen LogP contribution in [0.4, 0.5) is 0 Å². The molecule has 2 aromatic rings. The molecule has 2 heterocycles. The molecule has 0 aromatic carbocycles. The van der Waals surface area contributed by atoms with Gasteiger partial charge < -0.3 is 4.90 Å². The van der Waals surface area contributed by atoms with E-state index in [1.165, 1.54) is 0 Å². The lowest BCUT2D eigenvalue weighted by atomic mass is 10.1. The fourth-order valence-corrected chi connectivity index (χ4v) is 2.38. The summed E-state index contributed by atoms with van der Waals surface area (Å²) in [6, 6.07) is 1.92. The van der Waals surface area contributed by atoms with E-state index in [2.05, 4.69) is 10.2 Å². The van der Waals surface area contributed by atoms with Crippen LogP contribution in [0.2, 0.25) is 0 Å². The topological polar surface area (TPSA) is 56.0 Å². The predicted octanol–water partition coefficient (Wildman–Crippen LogP) is 1.53. The number of nitrogens with zero attached hydrogens (tertiary/aromatic N) is 5. The minimum Gasteiger partial charge on any atom is -0.336 e. The quantitative estimate of drug-likeness (QED) is 0.850. The largest absolute Gasteiger partial charge is 0.336 e. The summed E-state index contributed by atoms with van der Waals surface area (Å²) >= 11 is 0. The van der Waals surface area contributed by atoms with Crippen LogP contribution >= 0.6 is 0 Å². The molecule has 0 aliphatic heterocycles. The van der Waals surface area contributed by atoms with Gasteiger partial charge in [0.1, 0.15) is 0 Å². The van der Waals surface area contributed by atoms with Gasteiger partial charge in [0.15, 0.2) is 0 Å². The molecule has 2 rings (SSSR count). The fraction of sp³-hybridized carbons (Fsp3) is 0.500. The number of carbonyl (C=O) groups excluding carboxylic acids is 1. The number of hydrogen-bond donors (Lipinski definition) is 0. The molecule has 0 saturated carbocycles. The molecular weight excluding hydrogens is 254 g/mol. The second kappa shape index (κ2) is 5.48. The first kappa shape index (κ1) is 14.3. The van der Waals surface area contributed by atoms with Gasteiger partial charge in [-0.15, -0.1) is 0 Å². The highest BCUT2D eigenvalue weighted by atomic mass is 16.2. The lowest BCUT2D eigenvalue weighted by molar-refractivity contribution is 0.0780. The third kappa shape index (κ3) is 2.45. The maximum atomic E-state index is 12.6. The fourth-order valence-electron chi connectivity index (χ4n) is 2.38. The normalized spacial score (nSPS) is 10.8. The van der Waals surface area contributed by atoms with Gasteiger partial charge in [-0.1, -0.05) is 0 Å². The van der Waals surface area contributed by atoms with Crippen molar-refractivity contribution in [1.82, 2.24) is 24.5 Å². The monoisotopic (exact) mass is 275 g/mol. The van der Waals surface area contributed by atoms with Gasteiger partial charge in [-0.25, -0.2) is 0 Å². The Morgan fingerprint density at radius 1 is 1.40 bits per heavy atom. The van der Waals surface area contributed by atoms with Crippen LogP contribution in [0.5, 0.6) is 0 Å². The lowest BCUT2D eigenvalue weighted by Crippen LogP contribution is -2.28. The Hall–Kier alpha value is -2.11. The molecule has 108 valence electrons. The van der Waals surface area contributed by atoms with Crippen molar-refractivity contribution >= 4 is 5.91 Å². The van der Waals surface area contributed by atoms with E-state index in [0.29, 0.717) is 12.1 Å². The predicted molar refractivity (Wildman–Crippen MR) is 76.4 cm³/mol. The van der Waals surface area contributed by atoms with Gasteiger partial charge in [0, 0.05) is 32.5 Å². The summed E-state index contributed by atoms with van der Waals surface area (Å²) in [5.74, 6) is 0.000833. The Kier molecular flexibility index (Phi) is 3.92. The van der Waals surface area contributed by atoms with E-state index in [-0.39, 0.29) is 5.91 Å². The van der Waals surface area contributed by atoms with Gasteiger partial charge in [0.05, 0.1) is 23.5 Å². The van der Waals surface area contributed by atoms with Crippen LogP contribution in [0.15, 0.2) is 12.3 Å². The van der Waals surface area contributed by atoms with Crippen molar-refractivity contribution in [1.29, 1.82) is 0 Å². The Balaban J connectivity index is 2.23. The highest BCUT2D eigenvalue weighted by Crippen LogP contribution is 2.16. The average Bonchev–Trinajstić information content (AvgIpc) is 2.93. The third-order valence-electron chi connectivity index (χ3n) is 3.56. The molecule has 0 fully saturated rings. The van der Waals surface area contributed by atoms with Crippen molar-refractivity contribution in [2.45, 2.75) is 33.9 Å². The van der Waals surface area contributed by atoms with Crippen molar-refractivity contribution in [3.8, 4) is 0 Å². The van der Waals surface area contributed by atoms with Crippen LogP contribution in [0.25, 0.3) is 0 Å². The molecule has 6 nitrogen and oxygen atoms in total. The van der Waals surface area contributed by atoms with Crippen molar-refractivity contribution < 1.29 is 4.79 Å². The minimum atomic E-state index is 0.000833. The summed E-state index contributed by atoms with van der Waals surface area (Å²) in [6.07, 6.45) is 1.74. The van der Waals surface area contributed by atoms with Crippen LogP contribution in [0.1, 0.15) is 34.4 Å². The second-order valence-corrected chi connectivity index (χ2v) is 4.97. The lowest BCUT2D eigenvalue weighted by Gasteiger charge is -2.17. The van der Waals surface area contributed by atoms with E-state index in [1.54, 1.807) is 22.8 Å². The van der Waals surface area contributed by atoms with E-state index in [9.17, 15) is 4.79 Å². The highest BCUT2D eigenvalue weighted by molar-refractivity contribution is 5.96. The van der Waals surface area contributed by atoms with Gasteiger partial charge in [-0.05, 0) is 26.8 Å². The first-order chi connectivity index (χ1) is 9.45. The van der Waals surface area contributed by atoms with Crippen LogP contribution in [-0.2, 0) is 20.1 Å². The molecular formula is C14H21N5O.